The number of rotatable bonds is 7. The Balaban J connectivity index is 3.11. The van der Waals surface area contributed by atoms with Crippen LogP contribution in [0.15, 0.2) is 0 Å². The van der Waals surface area contributed by atoms with Crippen molar-refractivity contribution in [3.63, 3.8) is 0 Å². The van der Waals surface area contributed by atoms with Gasteiger partial charge < -0.3 is 9.47 Å². The Kier molecular flexibility index (Phi) is 7.25. The van der Waals surface area contributed by atoms with Gasteiger partial charge in [-0.15, -0.1) is 0 Å². The molecule has 0 N–H and O–H groups in total. The fourth-order valence-electron chi connectivity index (χ4n) is 2.88. The number of esters is 1. The Morgan fingerprint density at radius 1 is 1.32 bits per heavy atom. The number of halogens is 3. The van der Waals surface area contributed by atoms with E-state index >= 15 is 0 Å². The number of hydrogen-bond donors (Lipinski definition) is 0. The summed E-state index contributed by atoms with van der Waals surface area (Å²) >= 11 is 0. The predicted molar refractivity (Wildman–Crippen MR) is 81.4 cm³/mol. The van der Waals surface area contributed by atoms with Crippen LogP contribution >= 0.6 is 0 Å². The van der Waals surface area contributed by atoms with Gasteiger partial charge in [-0.3, -0.25) is 9.59 Å². The van der Waals surface area contributed by atoms with Gasteiger partial charge in [0.2, 0.25) is 5.91 Å². The zero-order valence-corrected chi connectivity index (χ0v) is 14.8. The fraction of sp³-hybridized carbons (Fsp3) is 0.812. The van der Waals surface area contributed by atoms with Gasteiger partial charge in [0.25, 0.3) is 0 Å². The lowest BCUT2D eigenvalue weighted by molar-refractivity contribution is -0.200. The molecule has 1 saturated heterocycles. The van der Waals surface area contributed by atoms with Gasteiger partial charge in [-0.05, 0) is 19.3 Å². The second kappa shape index (κ2) is 8.53. The molecular formula is C16H24F3NO5. The average molecular weight is 367 g/mol. The summed E-state index contributed by atoms with van der Waals surface area (Å²) in [6, 6.07) is -0.620. The highest BCUT2D eigenvalue weighted by Gasteiger charge is 2.51. The molecule has 0 aromatic carbocycles. The Bertz CT molecular complexity index is 506. The molecule has 3 atom stereocenters. The van der Waals surface area contributed by atoms with Gasteiger partial charge in [-0.25, -0.2) is 9.69 Å². The minimum absolute atomic E-state index is 0.0484. The van der Waals surface area contributed by atoms with E-state index < -0.39 is 48.4 Å². The maximum atomic E-state index is 13.5. The molecule has 0 unspecified atom stereocenters. The highest BCUT2D eigenvalue weighted by atomic mass is 19.4. The molecule has 144 valence electrons. The Labute approximate surface area is 144 Å². The standard InChI is InChI=1S/C16H24F3NO5/c1-5-10(11(16(17,18)19)7-13(21)24-6-2)14(22)20-12(9(3)4)8-25-15(20)23/h9-12H,5-8H2,1-4H3/t10-,11-,12+/m0/s1. The largest absolute Gasteiger partial charge is 0.466 e. The maximum Gasteiger partial charge on any atom is 0.416 e. The van der Waals surface area contributed by atoms with E-state index in [1.807, 2.05) is 0 Å². The second-order valence-electron chi connectivity index (χ2n) is 6.27. The van der Waals surface area contributed by atoms with Crippen LogP contribution in [0.1, 0.15) is 40.5 Å². The summed E-state index contributed by atoms with van der Waals surface area (Å²) in [5, 5.41) is 0. The number of carbonyl (C=O) groups excluding carboxylic acids is 3. The van der Waals surface area contributed by atoms with Gasteiger partial charge in [0.15, 0.2) is 0 Å². The normalized spacial score (nSPS) is 20.4. The molecule has 0 bridgehead atoms. The summed E-state index contributed by atoms with van der Waals surface area (Å²) in [4.78, 5) is 36.9. The minimum Gasteiger partial charge on any atom is -0.466 e. The molecule has 1 rings (SSSR count). The molecule has 0 aromatic heterocycles. The van der Waals surface area contributed by atoms with Gasteiger partial charge in [0.05, 0.1) is 30.9 Å². The van der Waals surface area contributed by atoms with Crippen LogP contribution in [0.5, 0.6) is 0 Å². The summed E-state index contributed by atoms with van der Waals surface area (Å²) in [6.07, 6.45) is -6.85. The van der Waals surface area contributed by atoms with Crippen molar-refractivity contribution in [3.8, 4) is 0 Å². The number of amides is 2. The number of cyclic esters (lactones) is 1. The predicted octanol–water partition coefficient (Wildman–Crippen LogP) is 3.15. The molecule has 0 saturated carbocycles. The first-order valence-corrected chi connectivity index (χ1v) is 8.26. The van der Waals surface area contributed by atoms with E-state index in [1.54, 1.807) is 13.8 Å². The first-order chi connectivity index (χ1) is 11.5. The van der Waals surface area contributed by atoms with Crippen molar-refractivity contribution in [1.82, 2.24) is 4.90 Å². The Hall–Kier alpha value is -1.80. The van der Waals surface area contributed by atoms with Gasteiger partial charge in [0.1, 0.15) is 6.61 Å². The zero-order valence-electron chi connectivity index (χ0n) is 14.8. The van der Waals surface area contributed by atoms with Crippen LogP contribution in [0.25, 0.3) is 0 Å². The molecule has 6 nitrogen and oxygen atoms in total. The summed E-state index contributed by atoms with van der Waals surface area (Å²) in [6.45, 7) is 6.28. The number of imide groups is 1. The van der Waals surface area contributed by atoms with E-state index in [0.717, 1.165) is 4.90 Å². The van der Waals surface area contributed by atoms with Gasteiger partial charge in [-0.2, -0.15) is 13.2 Å². The number of ether oxygens (including phenoxy) is 2. The lowest BCUT2D eigenvalue weighted by Crippen LogP contribution is -2.48. The van der Waals surface area contributed by atoms with Crippen LogP contribution < -0.4 is 0 Å². The molecule has 0 spiro atoms. The highest BCUT2D eigenvalue weighted by molar-refractivity contribution is 5.95. The lowest BCUT2D eigenvalue weighted by Gasteiger charge is -2.31. The molecule has 25 heavy (non-hydrogen) atoms. The van der Waals surface area contributed by atoms with Gasteiger partial charge >= 0.3 is 18.2 Å². The summed E-state index contributed by atoms with van der Waals surface area (Å²) < 4.78 is 49.8. The molecule has 0 aliphatic carbocycles. The quantitative estimate of drug-likeness (QED) is 0.647. The molecule has 1 heterocycles. The Morgan fingerprint density at radius 2 is 1.92 bits per heavy atom. The third kappa shape index (κ3) is 5.09. The first kappa shape index (κ1) is 21.2. The second-order valence-corrected chi connectivity index (χ2v) is 6.27. The molecule has 1 fully saturated rings. The summed E-state index contributed by atoms with van der Waals surface area (Å²) in [5.41, 5.74) is 0. The number of carbonyl (C=O) groups is 3. The van der Waals surface area contributed by atoms with Crippen LogP contribution in [0.4, 0.5) is 18.0 Å². The smallest absolute Gasteiger partial charge is 0.416 e. The van der Waals surface area contributed by atoms with E-state index in [9.17, 15) is 27.6 Å². The first-order valence-electron chi connectivity index (χ1n) is 8.26. The molecule has 1 aliphatic rings. The van der Waals surface area contributed by atoms with E-state index in [1.165, 1.54) is 13.8 Å². The van der Waals surface area contributed by atoms with Crippen LogP contribution in [0.2, 0.25) is 0 Å². The topological polar surface area (TPSA) is 72.9 Å². The summed E-state index contributed by atoms with van der Waals surface area (Å²) in [5.74, 6) is -5.93. The van der Waals surface area contributed by atoms with Crippen LogP contribution in [0.3, 0.4) is 0 Å². The lowest BCUT2D eigenvalue weighted by atomic mass is 9.85. The Morgan fingerprint density at radius 3 is 2.36 bits per heavy atom. The average Bonchev–Trinajstić information content (AvgIpc) is 2.88. The van der Waals surface area contributed by atoms with Crippen molar-refractivity contribution in [2.24, 2.45) is 17.8 Å². The molecule has 9 heteroatoms. The van der Waals surface area contributed by atoms with Crippen molar-refractivity contribution in [2.45, 2.75) is 52.8 Å². The van der Waals surface area contributed by atoms with Crippen molar-refractivity contribution in [3.05, 3.63) is 0 Å². The number of nitrogens with zero attached hydrogens (tertiary/aromatic N) is 1. The van der Waals surface area contributed by atoms with E-state index in [-0.39, 0.29) is 25.6 Å². The molecule has 1 aliphatic heterocycles. The van der Waals surface area contributed by atoms with E-state index in [4.69, 9.17) is 4.74 Å². The maximum absolute atomic E-state index is 13.5. The van der Waals surface area contributed by atoms with Gasteiger partial charge in [-0.1, -0.05) is 20.8 Å². The zero-order chi connectivity index (χ0) is 19.4. The van der Waals surface area contributed by atoms with E-state index in [2.05, 4.69) is 4.74 Å². The number of hydrogen-bond acceptors (Lipinski definition) is 5. The molecule has 2 amide bonds. The van der Waals surface area contributed by atoms with Crippen molar-refractivity contribution in [1.29, 1.82) is 0 Å². The fourth-order valence-corrected chi connectivity index (χ4v) is 2.88. The molecular weight excluding hydrogens is 343 g/mol. The molecule has 0 aromatic rings. The monoisotopic (exact) mass is 367 g/mol. The van der Waals surface area contributed by atoms with Crippen LogP contribution in [-0.2, 0) is 19.1 Å². The molecule has 0 radical (unpaired) electrons. The highest BCUT2D eigenvalue weighted by Crippen LogP contribution is 2.38. The van der Waals surface area contributed by atoms with Crippen molar-refractivity contribution >= 4 is 18.0 Å². The SMILES string of the molecule is CCOC(=O)C[C@@H]([C@H](CC)C(=O)N1C(=O)OC[C@@H]1C(C)C)C(F)(F)F. The van der Waals surface area contributed by atoms with E-state index in [0.29, 0.717) is 0 Å². The van der Waals surface area contributed by atoms with Gasteiger partial charge in [0, 0.05) is 0 Å². The minimum atomic E-state index is -4.78. The third-order valence-corrected chi connectivity index (χ3v) is 4.27. The van der Waals surface area contributed by atoms with Crippen LogP contribution in [-0.4, -0.2) is 48.3 Å². The van der Waals surface area contributed by atoms with Crippen molar-refractivity contribution in [2.75, 3.05) is 13.2 Å². The number of alkyl halides is 3. The van der Waals surface area contributed by atoms with Crippen molar-refractivity contribution < 1.29 is 37.0 Å². The third-order valence-electron chi connectivity index (χ3n) is 4.27. The summed E-state index contributed by atoms with van der Waals surface area (Å²) in [7, 11) is 0. The van der Waals surface area contributed by atoms with Crippen LogP contribution in [0, 0.1) is 17.8 Å².